The van der Waals surface area contributed by atoms with E-state index < -0.39 is 10.0 Å². The SMILES string of the molecule is CCS(=O)(=O)NCCCNC(=NC)NCc1sccc1C.I. The summed E-state index contributed by atoms with van der Waals surface area (Å²) in [6.07, 6.45) is 0.706. The van der Waals surface area contributed by atoms with Gasteiger partial charge in [0, 0.05) is 25.0 Å². The highest BCUT2D eigenvalue weighted by molar-refractivity contribution is 14.0. The summed E-state index contributed by atoms with van der Waals surface area (Å²) in [4.78, 5) is 5.43. The van der Waals surface area contributed by atoms with Gasteiger partial charge in [0.05, 0.1) is 12.3 Å². The molecule has 0 atom stereocenters. The van der Waals surface area contributed by atoms with Gasteiger partial charge in [-0.3, -0.25) is 4.99 Å². The monoisotopic (exact) mass is 460 g/mol. The van der Waals surface area contributed by atoms with Gasteiger partial charge in [0.2, 0.25) is 10.0 Å². The molecule has 0 aromatic carbocycles. The number of aryl methyl sites for hydroxylation is 1. The third-order valence-electron chi connectivity index (χ3n) is 2.96. The lowest BCUT2D eigenvalue weighted by molar-refractivity contribution is 0.579. The fourth-order valence-electron chi connectivity index (χ4n) is 1.59. The average molecular weight is 460 g/mol. The van der Waals surface area contributed by atoms with Crippen molar-refractivity contribution in [2.24, 2.45) is 4.99 Å². The zero-order valence-corrected chi connectivity index (χ0v) is 17.1. The van der Waals surface area contributed by atoms with E-state index in [1.54, 1.807) is 25.3 Å². The van der Waals surface area contributed by atoms with Crippen molar-refractivity contribution in [2.45, 2.75) is 26.8 Å². The second-order valence-electron chi connectivity index (χ2n) is 4.53. The highest BCUT2D eigenvalue weighted by atomic mass is 127. The molecular weight excluding hydrogens is 435 g/mol. The van der Waals surface area contributed by atoms with E-state index in [4.69, 9.17) is 0 Å². The molecule has 128 valence electrons. The third-order valence-corrected chi connectivity index (χ3v) is 5.38. The number of hydrogen-bond donors (Lipinski definition) is 3. The lowest BCUT2D eigenvalue weighted by Gasteiger charge is -2.11. The molecule has 0 spiro atoms. The Morgan fingerprint density at radius 3 is 2.59 bits per heavy atom. The van der Waals surface area contributed by atoms with Gasteiger partial charge in [0.1, 0.15) is 0 Å². The van der Waals surface area contributed by atoms with Gasteiger partial charge < -0.3 is 10.6 Å². The van der Waals surface area contributed by atoms with Gasteiger partial charge in [-0.2, -0.15) is 0 Å². The van der Waals surface area contributed by atoms with Gasteiger partial charge in [0.15, 0.2) is 5.96 Å². The fourth-order valence-corrected chi connectivity index (χ4v) is 3.10. The van der Waals surface area contributed by atoms with Crippen LogP contribution in [0, 0.1) is 6.92 Å². The van der Waals surface area contributed by atoms with E-state index in [-0.39, 0.29) is 29.7 Å². The quantitative estimate of drug-likeness (QED) is 0.239. The number of nitrogens with zero attached hydrogens (tertiary/aromatic N) is 1. The summed E-state index contributed by atoms with van der Waals surface area (Å²) >= 11 is 1.72. The standard InChI is InChI=1S/C13H24N4O2S2.HI/c1-4-21(18,19)17-8-5-7-15-13(14-3)16-10-12-11(2)6-9-20-12;/h6,9,17H,4-5,7-8,10H2,1-3H3,(H2,14,15,16);1H. The van der Waals surface area contributed by atoms with Crippen molar-refractivity contribution in [3.05, 3.63) is 21.9 Å². The van der Waals surface area contributed by atoms with E-state index in [1.807, 2.05) is 0 Å². The van der Waals surface area contributed by atoms with Gasteiger partial charge in [0.25, 0.3) is 0 Å². The summed E-state index contributed by atoms with van der Waals surface area (Å²) < 4.78 is 25.0. The highest BCUT2D eigenvalue weighted by Gasteiger charge is 2.05. The summed E-state index contributed by atoms with van der Waals surface area (Å²) in [7, 11) is -1.37. The van der Waals surface area contributed by atoms with Crippen LogP contribution in [-0.4, -0.2) is 40.3 Å². The van der Waals surface area contributed by atoms with Crippen molar-refractivity contribution in [3.8, 4) is 0 Å². The number of halogens is 1. The second-order valence-corrected chi connectivity index (χ2v) is 7.63. The van der Waals surface area contributed by atoms with Crippen molar-refractivity contribution in [1.29, 1.82) is 0 Å². The molecule has 0 amide bonds. The van der Waals surface area contributed by atoms with Crippen LogP contribution in [0.15, 0.2) is 16.4 Å². The van der Waals surface area contributed by atoms with E-state index in [2.05, 4.69) is 38.7 Å². The van der Waals surface area contributed by atoms with Gasteiger partial charge in [-0.15, -0.1) is 35.3 Å². The number of thiophene rings is 1. The molecule has 1 heterocycles. The molecule has 22 heavy (non-hydrogen) atoms. The molecule has 9 heteroatoms. The molecule has 1 aromatic rings. The number of hydrogen-bond acceptors (Lipinski definition) is 4. The Hall–Kier alpha value is -0.390. The molecular formula is C13H25IN4O2S2. The largest absolute Gasteiger partial charge is 0.356 e. The Kier molecular flexibility index (Phi) is 11.0. The van der Waals surface area contributed by atoms with E-state index >= 15 is 0 Å². The lowest BCUT2D eigenvalue weighted by Crippen LogP contribution is -2.38. The topological polar surface area (TPSA) is 82.6 Å². The van der Waals surface area contributed by atoms with Gasteiger partial charge in [-0.1, -0.05) is 0 Å². The van der Waals surface area contributed by atoms with Gasteiger partial charge >= 0.3 is 0 Å². The van der Waals surface area contributed by atoms with E-state index in [9.17, 15) is 8.42 Å². The molecule has 6 nitrogen and oxygen atoms in total. The minimum absolute atomic E-state index is 0. The molecule has 0 fully saturated rings. The molecule has 0 unspecified atom stereocenters. The van der Waals surface area contributed by atoms with Crippen LogP contribution < -0.4 is 15.4 Å². The smallest absolute Gasteiger partial charge is 0.211 e. The number of nitrogens with one attached hydrogen (secondary N) is 3. The first-order chi connectivity index (χ1) is 9.98. The predicted octanol–water partition coefficient (Wildman–Crippen LogP) is 1.67. The first-order valence-electron chi connectivity index (χ1n) is 6.93. The Balaban J connectivity index is 0.00000441. The van der Waals surface area contributed by atoms with Gasteiger partial charge in [-0.05, 0) is 37.3 Å². The summed E-state index contributed by atoms with van der Waals surface area (Å²) in [6, 6.07) is 2.09. The molecule has 0 aliphatic rings. The summed E-state index contributed by atoms with van der Waals surface area (Å²) in [5.74, 6) is 0.838. The van der Waals surface area contributed by atoms with Crippen LogP contribution in [0.5, 0.6) is 0 Å². The Labute approximate surface area is 154 Å². The zero-order chi connectivity index (χ0) is 15.7. The summed E-state index contributed by atoms with van der Waals surface area (Å²) in [5, 5.41) is 8.48. The summed E-state index contributed by atoms with van der Waals surface area (Å²) in [5.41, 5.74) is 1.27. The minimum Gasteiger partial charge on any atom is -0.356 e. The average Bonchev–Trinajstić information content (AvgIpc) is 2.87. The molecule has 0 radical (unpaired) electrons. The molecule has 0 saturated heterocycles. The first-order valence-corrected chi connectivity index (χ1v) is 9.46. The van der Waals surface area contributed by atoms with Crippen molar-refractivity contribution in [3.63, 3.8) is 0 Å². The Morgan fingerprint density at radius 2 is 2.05 bits per heavy atom. The normalized spacial score (nSPS) is 11.9. The van der Waals surface area contributed by atoms with Crippen molar-refractivity contribution in [2.75, 3.05) is 25.9 Å². The second kappa shape index (κ2) is 11.2. The fraction of sp³-hybridized carbons (Fsp3) is 0.615. The molecule has 1 rings (SSSR count). The molecule has 3 N–H and O–H groups in total. The van der Waals surface area contributed by atoms with Crippen LogP contribution in [0.3, 0.4) is 0 Å². The van der Waals surface area contributed by atoms with E-state index in [0.29, 0.717) is 19.5 Å². The molecule has 0 saturated carbocycles. The Morgan fingerprint density at radius 1 is 1.32 bits per heavy atom. The van der Waals surface area contributed by atoms with Crippen LogP contribution >= 0.6 is 35.3 Å². The molecule has 1 aromatic heterocycles. The third kappa shape index (κ3) is 8.30. The number of aliphatic imine (C=N–C) groups is 1. The highest BCUT2D eigenvalue weighted by Crippen LogP contribution is 2.14. The van der Waals surface area contributed by atoms with Crippen LogP contribution in [0.4, 0.5) is 0 Å². The van der Waals surface area contributed by atoms with Crippen molar-refractivity contribution in [1.82, 2.24) is 15.4 Å². The zero-order valence-electron chi connectivity index (χ0n) is 13.2. The van der Waals surface area contributed by atoms with Crippen molar-refractivity contribution >= 4 is 51.3 Å². The van der Waals surface area contributed by atoms with Crippen LogP contribution in [0.2, 0.25) is 0 Å². The summed E-state index contributed by atoms with van der Waals surface area (Å²) in [6.45, 7) is 5.55. The van der Waals surface area contributed by atoms with E-state index in [1.165, 1.54) is 10.4 Å². The maximum atomic E-state index is 11.3. The van der Waals surface area contributed by atoms with Crippen LogP contribution in [0.25, 0.3) is 0 Å². The van der Waals surface area contributed by atoms with Gasteiger partial charge in [-0.25, -0.2) is 13.1 Å². The number of guanidine groups is 1. The predicted molar refractivity (Wildman–Crippen MR) is 105 cm³/mol. The number of sulfonamides is 1. The van der Waals surface area contributed by atoms with Crippen LogP contribution in [-0.2, 0) is 16.6 Å². The lowest BCUT2D eigenvalue weighted by atomic mass is 10.3. The van der Waals surface area contributed by atoms with E-state index in [0.717, 1.165) is 12.5 Å². The molecule has 0 bridgehead atoms. The maximum Gasteiger partial charge on any atom is 0.211 e. The maximum absolute atomic E-state index is 11.3. The first kappa shape index (κ1) is 21.6. The molecule has 0 aliphatic carbocycles. The minimum atomic E-state index is -3.09. The number of rotatable bonds is 8. The molecule has 0 aliphatic heterocycles. The van der Waals surface area contributed by atoms with Crippen molar-refractivity contribution < 1.29 is 8.42 Å². The Bertz CT molecular complexity index is 558. The van der Waals surface area contributed by atoms with Crippen LogP contribution in [0.1, 0.15) is 23.8 Å².